The molecular formula is C16H19ClN4O. The number of benzene rings is 1. The van der Waals surface area contributed by atoms with Crippen molar-refractivity contribution in [1.82, 2.24) is 9.78 Å². The SMILES string of the molecule is CC1CN(C)c2ccccc2CN1c1cnn(C)c(=O)c1Cl. The van der Waals surface area contributed by atoms with E-state index in [1.165, 1.54) is 15.9 Å². The second-order valence-corrected chi connectivity index (χ2v) is 6.14. The Hall–Kier alpha value is -2.01. The summed E-state index contributed by atoms with van der Waals surface area (Å²) in [6.45, 7) is 3.69. The zero-order valence-corrected chi connectivity index (χ0v) is 13.7. The van der Waals surface area contributed by atoms with Gasteiger partial charge in [0.1, 0.15) is 5.02 Å². The summed E-state index contributed by atoms with van der Waals surface area (Å²) >= 11 is 6.29. The summed E-state index contributed by atoms with van der Waals surface area (Å²) in [6, 6.07) is 8.52. The quantitative estimate of drug-likeness (QED) is 0.809. The first kappa shape index (κ1) is 14.9. The molecule has 6 heteroatoms. The monoisotopic (exact) mass is 318 g/mol. The molecule has 1 aliphatic heterocycles. The maximum atomic E-state index is 12.1. The summed E-state index contributed by atoms with van der Waals surface area (Å²) < 4.78 is 1.26. The van der Waals surface area contributed by atoms with Gasteiger partial charge < -0.3 is 9.80 Å². The van der Waals surface area contributed by atoms with E-state index in [2.05, 4.69) is 41.0 Å². The summed E-state index contributed by atoms with van der Waals surface area (Å²) in [6.07, 6.45) is 1.67. The van der Waals surface area contributed by atoms with Gasteiger partial charge in [-0.2, -0.15) is 5.10 Å². The Labute approximate surface area is 134 Å². The summed E-state index contributed by atoms with van der Waals surface area (Å²) in [5.74, 6) is 0. The Kier molecular flexibility index (Phi) is 3.83. The number of hydrogen-bond donors (Lipinski definition) is 0. The van der Waals surface area contributed by atoms with Crippen LogP contribution in [0.25, 0.3) is 0 Å². The highest BCUT2D eigenvalue weighted by Crippen LogP contribution is 2.31. The van der Waals surface area contributed by atoms with Crippen molar-refractivity contribution in [2.24, 2.45) is 7.05 Å². The average molecular weight is 319 g/mol. The fraction of sp³-hybridized carbons (Fsp3) is 0.375. The molecule has 2 aromatic rings. The van der Waals surface area contributed by atoms with Crippen molar-refractivity contribution < 1.29 is 0 Å². The number of aromatic nitrogens is 2. The molecule has 1 aromatic carbocycles. The smallest absolute Gasteiger partial charge is 0.287 e. The van der Waals surface area contributed by atoms with Crippen LogP contribution in [0.15, 0.2) is 35.3 Å². The van der Waals surface area contributed by atoms with Gasteiger partial charge in [-0.05, 0) is 18.6 Å². The van der Waals surface area contributed by atoms with Gasteiger partial charge in [-0.25, -0.2) is 4.68 Å². The molecule has 22 heavy (non-hydrogen) atoms. The van der Waals surface area contributed by atoms with Crippen LogP contribution in [-0.2, 0) is 13.6 Å². The predicted octanol–water partition coefficient (Wildman–Crippen LogP) is 2.28. The molecule has 0 saturated carbocycles. The lowest BCUT2D eigenvalue weighted by Crippen LogP contribution is -2.39. The van der Waals surface area contributed by atoms with E-state index in [0.29, 0.717) is 12.2 Å². The fourth-order valence-electron chi connectivity index (χ4n) is 2.97. The number of aryl methyl sites for hydroxylation is 1. The van der Waals surface area contributed by atoms with E-state index < -0.39 is 0 Å². The highest BCUT2D eigenvalue weighted by atomic mass is 35.5. The van der Waals surface area contributed by atoms with Gasteiger partial charge in [-0.3, -0.25) is 4.79 Å². The molecular weight excluding hydrogens is 300 g/mol. The molecule has 1 aliphatic rings. The third kappa shape index (κ3) is 2.46. The molecule has 5 nitrogen and oxygen atoms in total. The zero-order chi connectivity index (χ0) is 15.9. The molecule has 1 aromatic heterocycles. The van der Waals surface area contributed by atoms with Crippen LogP contribution in [0.1, 0.15) is 12.5 Å². The van der Waals surface area contributed by atoms with E-state index in [-0.39, 0.29) is 16.6 Å². The molecule has 0 spiro atoms. The van der Waals surface area contributed by atoms with Gasteiger partial charge in [0.15, 0.2) is 0 Å². The lowest BCUT2D eigenvalue weighted by Gasteiger charge is -2.30. The van der Waals surface area contributed by atoms with Crippen molar-refractivity contribution in [1.29, 1.82) is 0 Å². The minimum absolute atomic E-state index is 0.212. The van der Waals surface area contributed by atoms with Crippen LogP contribution in [0.3, 0.4) is 0 Å². The number of likely N-dealkylation sites (N-methyl/N-ethyl adjacent to an activating group) is 1. The van der Waals surface area contributed by atoms with Crippen molar-refractivity contribution in [2.45, 2.75) is 19.5 Å². The van der Waals surface area contributed by atoms with Crippen LogP contribution in [0.4, 0.5) is 11.4 Å². The summed E-state index contributed by atoms with van der Waals surface area (Å²) in [5.41, 5.74) is 2.86. The van der Waals surface area contributed by atoms with Gasteiger partial charge in [0.2, 0.25) is 0 Å². The topological polar surface area (TPSA) is 41.4 Å². The van der Waals surface area contributed by atoms with Crippen LogP contribution >= 0.6 is 11.6 Å². The number of rotatable bonds is 1. The number of halogens is 1. The molecule has 0 saturated heterocycles. The molecule has 2 heterocycles. The average Bonchev–Trinajstić information content (AvgIpc) is 2.63. The van der Waals surface area contributed by atoms with Gasteiger partial charge in [-0.15, -0.1) is 0 Å². The van der Waals surface area contributed by atoms with Crippen molar-refractivity contribution in [3.05, 3.63) is 51.4 Å². The van der Waals surface area contributed by atoms with Crippen LogP contribution in [-0.4, -0.2) is 29.4 Å². The van der Waals surface area contributed by atoms with Gasteiger partial charge >= 0.3 is 0 Å². The molecule has 0 amide bonds. The molecule has 1 unspecified atom stereocenters. The number of para-hydroxylation sites is 1. The number of hydrogen-bond acceptors (Lipinski definition) is 4. The van der Waals surface area contributed by atoms with Crippen LogP contribution < -0.4 is 15.4 Å². The largest absolute Gasteiger partial charge is 0.372 e. The second kappa shape index (κ2) is 5.65. The maximum Gasteiger partial charge on any atom is 0.287 e. The van der Waals surface area contributed by atoms with Gasteiger partial charge in [-0.1, -0.05) is 29.8 Å². The summed E-state index contributed by atoms with van der Waals surface area (Å²) in [7, 11) is 3.69. The Bertz CT molecular complexity index is 758. The lowest BCUT2D eigenvalue weighted by atomic mass is 10.1. The standard InChI is InChI=1S/C16H19ClN4O/c1-11-9-19(2)13-7-5-4-6-12(13)10-21(11)14-8-18-20(3)16(22)15(14)17/h4-8,11H,9-10H2,1-3H3. The van der Waals surface area contributed by atoms with Crippen molar-refractivity contribution >= 4 is 23.0 Å². The van der Waals surface area contributed by atoms with Gasteiger partial charge in [0, 0.05) is 38.9 Å². The van der Waals surface area contributed by atoms with Crippen LogP contribution in [0.2, 0.25) is 5.02 Å². The third-order valence-electron chi connectivity index (χ3n) is 4.18. The first-order valence-corrected chi connectivity index (χ1v) is 7.64. The highest BCUT2D eigenvalue weighted by Gasteiger charge is 2.26. The van der Waals surface area contributed by atoms with Crippen molar-refractivity contribution in [3.63, 3.8) is 0 Å². The van der Waals surface area contributed by atoms with Gasteiger partial charge in [0.05, 0.1) is 11.9 Å². The molecule has 0 fully saturated rings. The van der Waals surface area contributed by atoms with E-state index in [1.54, 1.807) is 13.2 Å². The third-order valence-corrected chi connectivity index (χ3v) is 4.54. The predicted molar refractivity (Wildman–Crippen MR) is 89.8 cm³/mol. The summed E-state index contributed by atoms with van der Waals surface area (Å²) in [4.78, 5) is 16.5. The van der Waals surface area contributed by atoms with Crippen LogP contribution in [0.5, 0.6) is 0 Å². The Morgan fingerprint density at radius 3 is 2.73 bits per heavy atom. The normalized spacial score (nSPS) is 18.1. The minimum atomic E-state index is -0.266. The number of nitrogens with zero attached hydrogens (tertiary/aromatic N) is 4. The maximum absolute atomic E-state index is 12.1. The van der Waals surface area contributed by atoms with Crippen LogP contribution in [0, 0.1) is 0 Å². The number of fused-ring (bicyclic) bond motifs is 1. The van der Waals surface area contributed by atoms with E-state index in [9.17, 15) is 4.79 Å². The van der Waals surface area contributed by atoms with E-state index >= 15 is 0 Å². The zero-order valence-electron chi connectivity index (χ0n) is 13.0. The molecule has 0 radical (unpaired) electrons. The molecule has 1 atom stereocenters. The fourth-order valence-corrected chi connectivity index (χ4v) is 3.25. The molecule has 116 valence electrons. The first-order valence-electron chi connectivity index (χ1n) is 7.26. The molecule has 0 N–H and O–H groups in total. The molecule has 3 rings (SSSR count). The Balaban J connectivity index is 2.08. The molecule has 0 bridgehead atoms. The second-order valence-electron chi connectivity index (χ2n) is 5.76. The van der Waals surface area contributed by atoms with E-state index in [4.69, 9.17) is 11.6 Å². The Morgan fingerprint density at radius 2 is 1.95 bits per heavy atom. The van der Waals surface area contributed by atoms with E-state index in [1.807, 2.05) is 12.1 Å². The summed E-state index contributed by atoms with van der Waals surface area (Å²) in [5, 5.41) is 4.35. The van der Waals surface area contributed by atoms with Gasteiger partial charge in [0.25, 0.3) is 5.56 Å². The van der Waals surface area contributed by atoms with Crippen molar-refractivity contribution in [2.75, 3.05) is 23.4 Å². The molecule has 0 aliphatic carbocycles. The van der Waals surface area contributed by atoms with E-state index in [0.717, 1.165) is 6.54 Å². The Morgan fingerprint density at radius 1 is 1.23 bits per heavy atom. The minimum Gasteiger partial charge on any atom is -0.372 e. The van der Waals surface area contributed by atoms with Crippen molar-refractivity contribution in [3.8, 4) is 0 Å². The first-order chi connectivity index (χ1) is 10.5. The number of anilines is 2. The lowest BCUT2D eigenvalue weighted by molar-refractivity contribution is 0.633. The highest BCUT2D eigenvalue weighted by molar-refractivity contribution is 6.33.